The highest BCUT2D eigenvalue weighted by Gasteiger charge is 2.16. The number of nitrogens with zero attached hydrogens (tertiary/aromatic N) is 1. The van der Waals surface area contributed by atoms with E-state index < -0.39 is 9.84 Å². The maximum absolute atomic E-state index is 11.7. The molecule has 1 aromatic heterocycles. The molecule has 102 valence electrons. The molecule has 0 aliphatic carbocycles. The van der Waals surface area contributed by atoms with Crippen LogP contribution in [-0.2, 0) is 21.2 Å². The first-order valence-corrected chi connectivity index (χ1v) is 7.76. The monoisotopic (exact) mass is 299 g/mol. The van der Waals surface area contributed by atoms with Crippen LogP contribution in [0.1, 0.15) is 0 Å². The second-order valence-electron chi connectivity index (χ2n) is 4.11. The first kappa shape index (κ1) is 13.8. The van der Waals surface area contributed by atoms with Crippen molar-refractivity contribution in [2.45, 2.75) is 11.4 Å². The number of H-pyrrole nitrogens is 1. The minimum absolute atomic E-state index is 0.0442. The zero-order valence-electron chi connectivity index (χ0n) is 10.4. The first-order chi connectivity index (χ1) is 8.84. The maximum atomic E-state index is 11.7. The Morgan fingerprint density at radius 1 is 1.47 bits per heavy atom. The van der Waals surface area contributed by atoms with Gasteiger partial charge >= 0.3 is 0 Å². The summed E-state index contributed by atoms with van der Waals surface area (Å²) >= 11 is 5.13. The van der Waals surface area contributed by atoms with Crippen molar-refractivity contribution in [2.75, 3.05) is 13.3 Å². The molecule has 0 bridgehead atoms. The van der Waals surface area contributed by atoms with Crippen molar-refractivity contribution in [3.8, 4) is 0 Å². The summed E-state index contributed by atoms with van der Waals surface area (Å²) in [5, 5.41) is 2.50. The Morgan fingerprint density at radius 3 is 2.74 bits per heavy atom. The zero-order valence-corrected chi connectivity index (χ0v) is 12.1. The molecule has 0 atom stereocenters. The van der Waals surface area contributed by atoms with Gasteiger partial charge in [0.15, 0.2) is 14.6 Å². The predicted molar refractivity (Wildman–Crippen MR) is 74.3 cm³/mol. The predicted octanol–water partition coefficient (Wildman–Crippen LogP) is 0.848. The van der Waals surface area contributed by atoms with Crippen LogP contribution in [0.5, 0.6) is 0 Å². The number of sulfone groups is 1. The number of fused-ring (bicyclic) bond motifs is 1. The second kappa shape index (κ2) is 4.78. The summed E-state index contributed by atoms with van der Waals surface area (Å²) in [6.07, 6.45) is 1.13. The lowest BCUT2D eigenvalue weighted by Gasteiger charge is -2.04. The van der Waals surface area contributed by atoms with Gasteiger partial charge in [0.1, 0.15) is 6.54 Å². The molecule has 0 saturated carbocycles. The number of likely N-dealkylation sites (N-methyl/N-ethyl adjacent to an activating group) is 1. The van der Waals surface area contributed by atoms with Gasteiger partial charge in [-0.1, -0.05) is 6.07 Å². The molecule has 6 nitrogen and oxygen atoms in total. The number of carbonyl (C=O) groups excluding carboxylic acids is 1. The number of hydrogen-bond donors (Lipinski definition) is 2. The SMILES string of the molecule is CNC(=O)Cn1c(=S)[nH]c2c(S(C)(=O)=O)cccc21. The average molecular weight is 299 g/mol. The van der Waals surface area contributed by atoms with Gasteiger partial charge in [0, 0.05) is 13.3 Å². The highest BCUT2D eigenvalue weighted by molar-refractivity contribution is 7.91. The van der Waals surface area contributed by atoms with Gasteiger partial charge in [0.05, 0.1) is 15.9 Å². The van der Waals surface area contributed by atoms with Crippen molar-refractivity contribution < 1.29 is 13.2 Å². The van der Waals surface area contributed by atoms with E-state index in [1.807, 2.05) is 0 Å². The quantitative estimate of drug-likeness (QED) is 0.823. The van der Waals surface area contributed by atoms with Crippen LogP contribution in [-0.4, -0.2) is 37.2 Å². The second-order valence-corrected chi connectivity index (χ2v) is 6.48. The van der Waals surface area contributed by atoms with Crippen molar-refractivity contribution in [1.29, 1.82) is 0 Å². The van der Waals surface area contributed by atoms with Gasteiger partial charge in [-0.2, -0.15) is 0 Å². The molecule has 0 aliphatic rings. The summed E-state index contributed by atoms with van der Waals surface area (Å²) in [7, 11) is -1.83. The third-order valence-electron chi connectivity index (χ3n) is 2.75. The zero-order chi connectivity index (χ0) is 14.2. The number of imidazole rings is 1. The number of carbonyl (C=O) groups is 1. The molecule has 1 heterocycles. The van der Waals surface area contributed by atoms with Gasteiger partial charge in [-0.25, -0.2) is 8.42 Å². The van der Waals surface area contributed by atoms with Crippen LogP contribution in [0, 0.1) is 4.77 Å². The first-order valence-electron chi connectivity index (χ1n) is 5.46. The number of benzene rings is 1. The third kappa shape index (κ3) is 2.54. The summed E-state index contributed by atoms with van der Waals surface area (Å²) < 4.78 is 25.3. The highest BCUT2D eigenvalue weighted by Crippen LogP contribution is 2.22. The molecule has 0 fully saturated rings. The van der Waals surface area contributed by atoms with E-state index in [1.54, 1.807) is 16.7 Å². The van der Waals surface area contributed by atoms with Crippen molar-refractivity contribution >= 4 is 39.0 Å². The molecular formula is C11H13N3O3S2. The molecule has 2 rings (SSSR count). The summed E-state index contributed by atoms with van der Waals surface area (Å²) in [6.45, 7) is 0.0442. The van der Waals surface area contributed by atoms with E-state index >= 15 is 0 Å². The smallest absolute Gasteiger partial charge is 0.239 e. The van der Waals surface area contributed by atoms with Crippen LogP contribution in [0.15, 0.2) is 23.1 Å². The average Bonchev–Trinajstić information content (AvgIpc) is 2.64. The fourth-order valence-corrected chi connectivity index (χ4v) is 2.96. The van der Waals surface area contributed by atoms with E-state index in [2.05, 4.69) is 10.3 Å². The van der Waals surface area contributed by atoms with E-state index in [1.165, 1.54) is 13.1 Å². The summed E-state index contributed by atoms with van der Waals surface area (Å²) in [4.78, 5) is 14.5. The molecule has 0 aliphatic heterocycles. The Balaban J connectivity index is 2.73. The molecule has 8 heteroatoms. The maximum Gasteiger partial charge on any atom is 0.239 e. The van der Waals surface area contributed by atoms with Crippen LogP contribution in [0.4, 0.5) is 0 Å². The Hall–Kier alpha value is -1.67. The van der Waals surface area contributed by atoms with Crippen LogP contribution in [0.3, 0.4) is 0 Å². The Morgan fingerprint density at radius 2 is 2.16 bits per heavy atom. The lowest BCUT2D eigenvalue weighted by Crippen LogP contribution is -2.23. The molecule has 0 saturated heterocycles. The molecule has 2 N–H and O–H groups in total. The van der Waals surface area contributed by atoms with E-state index in [0.29, 0.717) is 15.8 Å². The van der Waals surface area contributed by atoms with E-state index in [4.69, 9.17) is 12.2 Å². The molecule has 0 unspecified atom stereocenters. The van der Waals surface area contributed by atoms with Crippen molar-refractivity contribution in [1.82, 2.24) is 14.9 Å². The Kier molecular flexibility index (Phi) is 3.46. The van der Waals surface area contributed by atoms with Crippen LogP contribution < -0.4 is 5.32 Å². The topological polar surface area (TPSA) is 84.0 Å². The molecular weight excluding hydrogens is 286 g/mol. The fourth-order valence-electron chi connectivity index (χ4n) is 1.84. The number of rotatable bonds is 3. The number of aromatic nitrogens is 2. The molecule has 0 spiro atoms. The normalized spacial score (nSPS) is 11.7. The highest BCUT2D eigenvalue weighted by atomic mass is 32.2. The Bertz CT molecular complexity index is 802. The number of amides is 1. The minimum Gasteiger partial charge on any atom is -0.358 e. The number of hydrogen-bond acceptors (Lipinski definition) is 4. The van der Waals surface area contributed by atoms with Gasteiger partial charge in [0.2, 0.25) is 5.91 Å². The Labute approximate surface area is 115 Å². The summed E-state index contributed by atoms with van der Waals surface area (Å²) in [5.41, 5.74) is 1.02. The standard InChI is InChI=1S/C11H13N3O3S2/c1-12-9(15)6-14-7-4-3-5-8(19(2,16)17)10(7)13-11(14)18/h3-5H,6H2,1-2H3,(H,12,15)(H,13,18). The fraction of sp³-hybridized carbons (Fsp3) is 0.273. The van der Waals surface area contributed by atoms with E-state index in [9.17, 15) is 13.2 Å². The molecule has 1 amide bonds. The molecule has 0 radical (unpaired) electrons. The van der Waals surface area contributed by atoms with E-state index in [-0.39, 0.29) is 17.3 Å². The minimum atomic E-state index is -3.36. The van der Waals surface area contributed by atoms with Crippen LogP contribution in [0.2, 0.25) is 0 Å². The largest absolute Gasteiger partial charge is 0.358 e. The number of para-hydroxylation sites is 1. The van der Waals surface area contributed by atoms with Crippen molar-refractivity contribution in [3.63, 3.8) is 0 Å². The number of aromatic amines is 1. The van der Waals surface area contributed by atoms with Gasteiger partial charge in [-0.3, -0.25) is 4.79 Å². The molecule has 2 aromatic rings. The van der Waals surface area contributed by atoms with Gasteiger partial charge < -0.3 is 14.9 Å². The lowest BCUT2D eigenvalue weighted by molar-refractivity contribution is -0.121. The number of nitrogens with one attached hydrogen (secondary N) is 2. The van der Waals surface area contributed by atoms with E-state index in [0.717, 1.165) is 6.26 Å². The summed E-state index contributed by atoms with van der Waals surface area (Å²) in [6, 6.07) is 4.86. The summed E-state index contributed by atoms with van der Waals surface area (Å²) in [5.74, 6) is -0.207. The van der Waals surface area contributed by atoms with Crippen LogP contribution in [0.25, 0.3) is 11.0 Å². The molecule has 19 heavy (non-hydrogen) atoms. The third-order valence-corrected chi connectivity index (χ3v) is 4.21. The molecule has 1 aromatic carbocycles. The van der Waals surface area contributed by atoms with Crippen LogP contribution >= 0.6 is 12.2 Å². The lowest BCUT2D eigenvalue weighted by atomic mass is 10.3. The van der Waals surface area contributed by atoms with Gasteiger partial charge in [-0.15, -0.1) is 0 Å². The van der Waals surface area contributed by atoms with Gasteiger partial charge in [0.25, 0.3) is 0 Å². The van der Waals surface area contributed by atoms with Gasteiger partial charge in [-0.05, 0) is 24.4 Å². The van der Waals surface area contributed by atoms with Crippen molar-refractivity contribution in [3.05, 3.63) is 23.0 Å². The van der Waals surface area contributed by atoms with Crippen molar-refractivity contribution in [2.24, 2.45) is 0 Å².